The number of fused-ring (bicyclic) bond motifs is 3. The third-order valence-corrected chi connectivity index (χ3v) is 4.69. The zero-order chi connectivity index (χ0) is 16.0. The Hall–Kier alpha value is -2.32. The topological polar surface area (TPSA) is 32.9 Å². The first-order valence-electron chi connectivity index (χ1n) is 7.74. The first kappa shape index (κ1) is 14.3. The van der Waals surface area contributed by atoms with Crippen LogP contribution in [0.5, 0.6) is 0 Å². The Morgan fingerprint density at radius 2 is 1.87 bits per heavy atom. The number of aromatic nitrogens is 1. The molecule has 1 aromatic heterocycles. The van der Waals surface area contributed by atoms with E-state index in [1.54, 1.807) is 0 Å². The van der Waals surface area contributed by atoms with E-state index in [1.807, 2.05) is 30.3 Å². The molecular weight excluding hydrogens is 306 g/mol. The van der Waals surface area contributed by atoms with Crippen molar-refractivity contribution in [2.75, 3.05) is 0 Å². The van der Waals surface area contributed by atoms with Gasteiger partial charge in [0.25, 0.3) is 0 Å². The van der Waals surface area contributed by atoms with Crippen LogP contribution in [0.1, 0.15) is 33.6 Å². The molecule has 3 heteroatoms. The maximum absolute atomic E-state index is 12.8. The SMILES string of the molecule is Cc1ccc2[nH]c3c(c2c1)CC/C(=C/c1ccc(Cl)cc1)C3=O. The molecule has 2 aromatic carbocycles. The Morgan fingerprint density at radius 1 is 1.09 bits per heavy atom. The molecule has 1 heterocycles. The molecule has 114 valence electrons. The third-order valence-electron chi connectivity index (χ3n) is 4.44. The van der Waals surface area contributed by atoms with Crippen LogP contribution in [0.15, 0.2) is 48.0 Å². The Bertz CT molecular complexity index is 948. The number of aromatic amines is 1. The monoisotopic (exact) mass is 321 g/mol. The third kappa shape index (κ3) is 2.49. The van der Waals surface area contributed by atoms with Crippen LogP contribution in [0, 0.1) is 6.92 Å². The van der Waals surface area contributed by atoms with Crippen molar-refractivity contribution in [3.8, 4) is 0 Å². The molecule has 1 aliphatic carbocycles. The predicted octanol–water partition coefficient (Wildman–Crippen LogP) is 5.34. The van der Waals surface area contributed by atoms with Gasteiger partial charge in [0.05, 0.1) is 5.69 Å². The van der Waals surface area contributed by atoms with Gasteiger partial charge in [-0.2, -0.15) is 0 Å². The second kappa shape index (κ2) is 5.39. The Kier molecular flexibility index (Phi) is 3.35. The summed E-state index contributed by atoms with van der Waals surface area (Å²) in [5.74, 6) is 0.107. The van der Waals surface area contributed by atoms with Crippen molar-refractivity contribution in [1.82, 2.24) is 4.98 Å². The van der Waals surface area contributed by atoms with Crippen LogP contribution in [0.3, 0.4) is 0 Å². The fourth-order valence-corrected chi connectivity index (χ4v) is 3.37. The second-order valence-corrected chi connectivity index (χ2v) is 6.51. The summed E-state index contributed by atoms with van der Waals surface area (Å²) in [4.78, 5) is 16.1. The predicted molar refractivity (Wildman–Crippen MR) is 95.1 cm³/mol. The van der Waals surface area contributed by atoms with E-state index < -0.39 is 0 Å². The Balaban J connectivity index is 1.77. The highest BCUT2D eigenvalue weighted by atomic mass is 35.5. The normalized spacial score (nSPS) is 16.1. The highest BCUT2D eigenvalue weighted by Crippen LogP contribution is 2.32. The molecule has 0 bridgehead atoms. The number of halogens is 1. The van der Waals surface area contributed by atoms with E-state index in [2.05, 4.69) is 30.1 Å². The van der Waals surface area contributed by atoms with Crippen molar-refractivity contribution in [1.29, 1.82) is 0 Å². The highest BCUT2D eigenvalue weighted by molar-refractivity contribution is 6.30. The molecule has 0 atom stereocenters. The fourth-order valence-electron chi connectivity index (χ4n) is 3.25. The fraction of sp³-hybridized carbons (Fsp3) is 0.150. The van der Waals surface area contributed by atoms with E-state index in [0.717, 1.165) is 40.8 Å². The minimum atomic E-state index is 0.107. The molecule has 3 aromatic rings. The molecule has 4 rings (SSSR count). The summed E-state index contributed by atoms with van der Waals surface area (Å²) in [5.41, 5.74) is 6.02. The number of carbonyl (C=O) groups excluding carboxylic acids is 1. The molecule has 0 amide bonds. The van der Waals surface area contributed by atoms with Gasteiger partial charge in [-0.05, 0) is 61.2 Å². The van der Waals surface area contributed by atoms with Gasteiger partial charge in [0, 0.05) is 21.5 Å². The maximum atomic E-state index is 12.8. The van der Waals surface area contributed by atoms with Crippen LogP contribution in [-0.2, 0) is 6.42 Å². The molecule has 0 saturated heterocycles. The van der Waals surface area contributed by atoms with E-state index in [9.17, 15) is 4.79 Å². The van der Waals surface area contributed by atoms with Gasteiger partial charge in [-0.25, -0.2) is 0 Å². The van der Waals surface area contributed by atoms with Crippen molar-refractivity contribution in [2.45, 2.75) is 19.8 Å². The minimum absolute atomic E-state index is 0.107. The van der Waals surface area contributed by atoms with Gasteiger partial charge in [-0.15, -0.1) is 0 Å². The van der Waals surface area contributed by atoms with E-state index in [0.29, 0.717) is 5.02 Å². The number of aryl methyl sites for hydroxylation is 2. The molecule has 1 N–H and O–H groups in total. The molecule has 0 aliphatic heterocycles. The minimum Gasteiger partial charge on any atom is -0.352 e. The molecule has 1 aliphatic rings. The molecule has 2 nitrogen and oxygen atoms in total. The van der Waals surface area contributed by atoms with Crippen LogP contribution in [0.25, 0.3) is 17.0 Å². The number of H-pyrrole nitrogens is 1. The van der Waals surface area contributed by atoms with Crippen LogP contribution < -0.4 is 0 Å². The molecular formula is C20H16ClNO. The number of rotatable bonds is 1. The van der Waals surface area contributed by atoms with Gasteiger partial charge in [-0.3, -0.25) is 4.79 Å². The summed E-state index contributed by atoms with van der Waals surface area (Å²) in [7, 11) is 0. The van der Waals surface area contributed by atoms with Gasteiger partial charge < -0.3 is 4.98 Å². The first-order valence-corrected chi connectivity index (χ1v) is 8.11. The van der Waals surface area contributed by atoms with E-state index in [1.165, 1.54) is 10.9 Å². The Labute approximate surface area is 139 Å². The van der Waals surface area contributed by atoms with Crippen LogP contribution in [0.2, 0.25) is 5.02 Å². The Morgan fingerprint density at radius 3 is 2.65 bits per heavy atom. The second-order valence-electron chi connectivity index (χ2n) is 6.08. The summed E-state index contributed by atoms with van der Waals surface area (Å²) in [5, 5.41) is 1.88. The van der Waals surface area contributed by atoms with Gasteiger partial charge >= 0.3 is 0 Å². The molecule has 23 heavy (non-hydrogen) atoms. The number of allylic oxidation sites excluding steroid dienone is 1. The maximum Gasteiger partial charge on any atom is 0.205 e. The number of ketones is 1. The molecule has 0 saturated carbocycles. The summed E-state index contributed by atoms with van der Waals surface area (Å²) in [6, 6.07) is 13.8. The van der Waals surface area contributed by atoms with E-state index >= 15 is 0 Å². The zero-order valence-corrected chi connectivity index (χ0v) is 13.6. The van der Waals surface area contributed by atoms with Crippen molar-refractivity contribution >= 4 is 34.4 Å². The summed E-state index contributed by atoms with van der Waals surface area (Å²) in [6.45, 7) is 2.08. The van der Waals surface area contributed by atoms with Crippen molar-refractivity contribution < 1.29 is 4.79 Å². The van der Waals surface area contributed by atoms with Crippen molar-refractivity contribution in [3.63, 3.8) is 0 Å². The van der Waals surface area contributed by atoms with E-state index in [-0.39, 0.29) is 5.78 Å². The van der Waals surface area contributed by atoms with Gasteiger partial charge in [0.1, 0.15) is 0 Å². The highest BCUT2D eigenvalue weighted by Gasteiger charge is 2.25. The average Bonchev–Trinajstić information content (AvgIpc) is 2.91. The molecule has 0 unspecified atom stereocenters. The number of carbonyl (C=O) groups is 1. The van der Waals surface area contributed by atoms with Gasteiger partial charge in [0.15, 0.2) is 0 Å². The van der Waals surface area contributed by atoms with Crippen molar-refractivity contribution in [2.24, 2.45) is 0 Å². The van der Waals surface area contributed by atoms with E-state index in [4.69, 9.17) is 11.6 Å². The average molecular weight is 322 g/mol. The molecule has 0 fully saturated rings. The number of nitrogens with one attached hydrogen (secondary N) is 1. The standard InChI is InChI=1S/C20H16ClNO/c1-12-2-9-18-17(10-12)16-8-5-14(20(23)19(16)22-18)11-13-3-6-15(21)7-4-13/h2-4,6-7,9-11,22H,5,8H2,1H3/b14-11-. The van der Waals surface area contributed by atoms with Gasteiger partial charge in [0.2, 0.25) is 5.78 Å². The van der Waals surface area contributed by atoms with Crippen LogP contribution >= 0.6 is 11.6 Å². The zero-order valence-electron chi connectivity index (χ0n) is 12.8. The lowest BCUT2D eigenvalue weighted by atomic mass is 9.89. The lowest BCUT2D eigenvalue weighted by molar-refractivity contribution is 0.102. The number of hydrogen-bond acceptors (Lipinski definition) is 1. The lowest BCUT2D eigenvalue weighted by Crippen LogP contribution is -2.13. The van der Waals surface area contributed by atoms with Crippen molar-refractivity contribution in [3.05, 3.63) is 75.4 Å². The molecule has 0 radical (unpaired) electrons. The number of hydrogen-bond donors (Lipinski definition) is 1. The van der Waals surface area contributed by atoms with Crippen LogP contribution in [0.4, 0.5) is 0 Å². The number of Topliss-reactive ketones (excluding diaryl/α,β-unsaturated/α-hetero) is 1. The summed E-state index contributed by atoms with van der Waals surface area (Å²) >= 11 is 5.92. The number of benzene rings is 2. The quantitative estimate of drug-likeness (QED) is 0.603. The first-order chi connectivity index (χ1) is 11.1. The lowest BCUT2D eigenvalue weighted by Gasteiger charge is -2.14. The summed E-state index contributed by atoms with van der Waals surface area (Å²) < 4.78 is 0. The smallest absolute Gasteiger partial charge is 0.205 e. The van der Waals surface area contributed by atoms with Gasteiger partial charge in [-0.1, -0.05) is 35.4 Å². The largest absolute Gasteiger partial charge is 0.352 e. The summed E-state index contributed by atoms with van der Waals surface area (Å²) in [6.07, 6.45) is 3.64. The molecule has 0 spiro atoms. The van der Waals surface area contributed by atoms with Crippen LogP contribution in [-0.4, -0.2) is 10.8 Å².